The first-order valence-electron chi connectivity index (χ1n) is 7.67. The van der Waals surface area contributed by atoms with E-state index in [1.54, 1.807) is 30.3 Å². The average Bonchev–Trinajstić information content (AvgIpc) is 2.65. The van der Waals surface area contributed by atoms with Crippen LogP contribution in [0, 0.1) is 0 Å². The first kappa shape index (κ1) is 18.6. The molecular formula is C16H16N2O6S2. The van der Waals surface area contributed by atoms with Gasteiger partial charge in [-0.25, -0.2) is 4.79 Å². The number of rotatable bonds is 6. The van der Waals surface area contributed by atoms with Gasteiger partial charge in [0.1, 0.15) is 22.9 Å². The number of amides is 2. The molecule has 0 aromatic heterocycles. The fraction of sp³-hybridized carbons (Fsp3) is 0.312. The second kappa shape index (κ2) is 7.60. The molecule has 3 N–H and O–H groups in total. The number of carbonyl (C=O) groups excluding carboxylic acids is 2. The summed E-state index contributed by atoms with van der Waals surface area (Å²) in [6.45, 7) is -0.446. The molecule has 2 aliphatic rings. The highest BCUT2D eigenvalue weighted by molar-refractivity contribution is 8.00. The van der Waals surface area contributed by atoms with Crippen molar-refractivity contribution in [2.75, 3.05) is 18.1 Å². The van der Waals surface area contributed by atoms with Crippen LogP contribution in [0.2, 0.25) is 0 Å². The van der Waals surface area contributed by atoms with Gasteiger partial charge < -0.3 is 15.5 Å². The molecule has 138 valence electrons. The second-order valence-electron chi connectivity index (χ2n) is 5.67. The molecule has 1 fully saturated rings. The Hall–Kier alpha value is -2.17. The maximum Gasteiger partial charge on any atom is 0.352 e. The van der Waals surface area contributed by atoms with E-state index >= 15 is 0 Å². The van der Waals surface area contributed by atoms with Crippen molar-refractivity contribution in [3.8, 4) is 0 Å². The highest BCUT2D eigenvalue weighted by Gasteiger charge is 2.54. The van der Waals surface area contributed by atoms with Crippen molar-refractivity contribution in [3.05, 3.63) is 41.6 Å². The molecule has 3 atom stereocenters. The number of β-lactam (4-membered cyclic amide) rings is 1. The number of nitrogens with one attached hydrogen (secondary N) is 1. The number of aliphatic hydroxyl groups is 1. The fourth-order valence-electron chi connectivity index (χ4n) is 2.79. The molecule has 0 radical (unpaired) electrons. The van der Waals surface area contributed by atoms with Gasteiger partial charge in [-0.05, 0) is 17.7 Å². The van der Waals surface area contributed by atoms with E-state index in [1.807, 2.05) is 0 Å². The molecule has 0 spiro atoms. The third-order valence-electron chi connectivity index (χ3n) is 4.03. The van der Waals surface area contributed by atoms with Gasteiger partial charge in [0.25, 0.3) is 5.91 Å². The summed E-state index contributed by atoms with van der Waals surface area (Å²) in [5.74, 6) is -2.41. The van der Waals surface area contributed by atoms with Gasteiger partial charge in [0.2, 0.25) is 5.91 Å². The highest BCUT2D eigenvalue weighted by Crippen LogP contribution is 2.40. The van der Waals surface area contributed by atoms with Crippen LogP contribution < -0.4 is 5.32 Å². The Morgan fingerprint density at radius 2 is 2.00 bits per heavy atom. The van der Waals surface area contributed by atoms with Crippen molar-refractivity contribution in [2.45, 2.75) is 16.3 Å². The summed E-state index contributed by atoms with van der Waals surface area (Å²) >= 11 is 1.27. The molecule has 3 unspecified atom stereocenters. The van der Waals surface area contributed by atoms with Crippen LogP contribution in [0.25, 0.3) is 0 Å². The van der Waals surface area contributed by atoms with Gasteiger partial charge in [-0.1, -0.05) is 18.2 Å². The Kier molecular flexibility index (Phi) is 5.44. The molecule has 26 heavy (non-hydrogen) atoms. The second-order valence-corrected chi connectivity index (χ2v) is 8.23. The molecule has 2 heterocycles. The third kappa shape index (κ3) is 3.39. The number of aliphatic hydroxyl groups excluding tert-OH is 1. The lowest BCUT2D eigenvalue weighted by Crippen LogP contribution is -2.70. The number of fused-ring (bicyclic) bond motifs is 1. The lowest BCUT2D eigenvalue weighted by molar-refractivity contribution is -0.150. The summed E-state index contributed by atoms with van der Waals surface area (Å²) in [7, 11) is -1.53. The third-order valence-corrected chi connectivity index (χ3v) is 6.69. The molecule has 0 saturated carbocycles. The maximum atomic E-state index is 12.3. The number of carbonyl (C=O) groups is 3. The largest absolute Gasteiger partial charge is 0.477 e. The number of hydrogen-bond donors (Lipinski definition) is 3. The molecule has 1 aromatic rings. The Bertz CT molecular complexity index is 810. The van der Waals surface area contributed by atoms with Gasteiger partial charge in [0, 0.05) is 10.6 Å². The normalized spacial score (nSPS) is 23.1. The lowest BCUT2D eigenvalue weighted by atomic mass is 10.0. The predicted molar refractivity (Wildman–Crippen MR) is 94.5 cm³/mol. The number of aliphatic carboxylic acids is 1. The van der Waals surface area contributed by atoms with Gasteiger partial charge >= 0.3 is 5.97 Å². The SMILES string of the molecule is O=C(CS(=O)c1ccccc1)NC1C(=O)N2C(C(=O)O)=C(CO)CSC12. The minimum absolute atomic E-state index is 0.223. The van der Waals surface area contributed by atoms with E-state index in [0.29, 0.717) is 4.90 Å². The zero-order chi connectivity index (χ0) is 18.8. The van der Waals surface area contributed by atoms with E-state index in [2.05, 4.69) is 5.32 Å². The standard InChI is InChI=1S/C16H16N2O6S2/c19-6-9-7-25-15-12(14(21)18(15)13(9)16(22)23)17-11(20)8-26(24)10-4-2-1-3-5-10/h1-5,12,15,19H,6-8H2,(H,17,20)(H,22,23). The summed E-state index contributed by atoms with van der Waals surface area (Å²) in [4.78, 5) is 37.4. The van der Waals surface area contributed by atoms with Gasteiger partial charge in [-0.3, -0.25) is 18.7 Å². The van der Waals surface area contributed by atoms with Crippen LogP contribution in [0.5, 0.6) is 0 Å². The molecule has 2 aliphatic heterocycles. The van der Waals surface area contributed by atoms with E-state index < -0.39 is 46.6 Å². The van der Waals surface area contributed by atoms with E-state index in [0.717, 1.165) is 4.90 Å². The van der Waals surface area contributed by atoms with Crippen LogP contribution in [0.3, 0.4) is 0 Å². The molecule has 0 aliphatic carbocycles. The van der Waals surface area contributed by atoms with Gasteiger partial charge in [-0.2, -0.15) is 0 Å². The number of hydrogen-bond acceptors (Lipinski definition) is 6. The van der Waals surface area contributed by atoms with Crippen LogP contribution >= 0.6 is 11.8 Å². The maximum absolute atomic E-state index is 12.3. The molecule has 10 heteroatoms. The Labute approximate surface area is 155 Å². The average molecular weight is 396 g/mol. The predicted octanol–water partition coefficient (Wildman–Crippen LogP) is -0.475. The lowest BCUT2D eigenvalue weighted by Gasteiger charge is -2.49. The summed E-state index contributed by atoms with van der Waals surface area (Å²) in [6.07, 6.45) is 0. The summed E-state index contributed by atoms with van der Waals surface area (Å²) in [6, 6.07) is 7.64. The summed E-state index contributed by atoms with van der Waals surface area (Å²) in [5, 5.41) is 20.6. The van der Waals surface area contributed by atoms with E-state index in [9.17, 15) is 28.8 Å². The van der Waals surface area contributed by atoms with Crippen molar-refractivity contribution in [2.24, 2.45) is 0 Å². The minimum Gasteiger partial charge on any atom is -0.477 e. The molecule has 0 bridgehead atoms. The van der Waals surface area contributed by atoms with Crippen molar-refractivity contribution < 1.29 is 28.8 Å². The van der Waals surface area contributed by atoms with Crippen molar-refractivity contribution in [1.82, 2.24) is 10.2 Å². The van der Waals surface area contributed by atoms with Crippen LogP contribution in [-0.2, 0) is 25.2 Å². The fourth-order valence-corrected chi connectivity index (χ4v) is 5.08. The van der Waals surface area contributed by atoms with Gasteiger partial charge in [-0.15, -0.1) is 11.8 Å². The summed E-state index contributed by atoms with van der Waals surface area (Å²) < 4.78 is 12.2. The Morgan fingerprint density at radius 1 is 1.31 bits per heavy atom. The Morgan fingerprint density at radius 3 is 2.62 bits per heavy atom. The number of thioether (sulfide) groups is 1. The van der Waals surface area contributed by atoms with Crippen molar-refractivity contribution in [1.29, 1.82) is 0 Å². The minimum atomic E-state index is -1.53. The zero-order valence-corrected chi connectivity index (χ0v) is 15.1. The first-order valence-corrected chi connectivity index (χ1v) is 10.0. The highest BCUT2D eigenvalue weighted by atomic mass is 32.2. The van der Waals surface area contributed by atoms with E-state index in [-0.39, 0.29) is 22.8 Å². The number of carboxylic acid groups (broad SMARTS) is 1. The van der Waals surface area contributed by atoms with Crippen LogP contribution in [0.15, 0.2) is 46.5 Å². The van der Waals surface area contributed by atoms with Crippen LogP contribution in [-0.4, -0.2) is 66.6 Å². The van der Waals surface area contributed by atoms with Gasteiger partial charge in [0.15, 0.2) is 0 Å². The number of nitrogens with zero attached hydrogens (tertiary/aromatic N) is 1. The Balaban J connectivity index is 1.65. The molecule has 3 rings (SSSR count). The van der Waals surface area contributed by atoms with Crippen molar-refractivity contribution >= 4 is 40.3 Å². The van der Waals surface area contributed by atoms with Crippen LogP contribution in [0.1, 0.15) is 0 Å². The number of carboxylic acids is 1. The van der Waals surface area contributed by atoms with Gasteiger partial charge in [0.05, 0.1) is 17.4 Å². The molecule has 1 saturated heterocycles. The van der Waals surface area contributed by atoms with E-state index in [1.165, 1.54) is 11.8 Å². The van der Waals surface area contributed by atoms with Crippen LogP contribution in [0.4, 0.5) is 0 Å². The number of benzene rings is 1. The molecule has 1 aromatic carbocycles. The smallest absolute Gasteiger partial charge is 0.352 e. The molecular weight excluding hydrogens is 380 g/mol. The molecule has 2 amide bonds. The topological polar surface area (TPSA) is 124 Å². The molecule has 8 nitrogen and oxygen atoms in total. The quantitative estimate of drug-likeness (QED) is 0.555. The zero-order valence-electron chi connectivity index (χ0n) is 13.5. The monoisotopic (exact) mass is 396 g/mol. The first-order chi connectivity index (χ1) is 12.4. The van der Waals surface area contributed by atoms with E-state index in [4.69, 9.17) is 0 Å². The van der Waals surface area contributed by atoms with Crippen molar-refractivity contribution in [3.63, 3.8) is 0 Å². The summed E-state index contributed by atoms with van der Waals surface area (Å²) in [5.41, 5.74) is 0.0432.